The summed E-state index contributed by atoms with van der Waals surface area (Å²) in [6.07, 6.45) is 1.52. The normalized spacial score (nSPS) is 10.2. The summed E-state index contributed by atoms with van der Waals surface area (Å²) in [7, 11) is 1.56. The molecule has 0 aliphatic heterocycles. The van der Waals surface area contributed by atoms with Gasteiger partial charge in [0.15, 0.2) is 6.61 Å². The van der Waals surface area contributed by atoms with Crippen molar-refractivity contribution in [2.45, 2.75) is 0 Å². The summed E-state index contributed by atoms with van der Waals surface area (Å²) in [6.45, 7) is 0.00294. The Morgan fingerprint density at radius 3 is 2.75 bits per heavy atom. The Morgan fingerprint density at radius 1 is 1.33 bits per heavy atom. The van der Waals surface area contributed by atoms with E-state index in [-0.39, 0.29) is 12.5 Å². The summed E-state index contributed by atoms with van der Waals surface area (Å²) in [4.78, 5) is 12.1. The minimum atomic E-state index is -0.324. The minimum Gasteiger partial charge on any atom is -0.496 e. The SMILES string of the molecule is COc1cc(C(=O)N/N=C/c2ccc(OCC#N)cc2)ccc1I. The molecule has 0 saturated heterocycles. The molecule has 122 valence electrons. The van der Waals surface area contributed by atoms with Crippen LogP contribution >= 0.6 is 22.6 Å². The van der Waals surface area contributed by atoms with E-state index in [1.165, 1.54) is 6.21 Å². The number of ether oxygens (including phenoxy) is 2. The molecule has 2 aromatic carbocycles. The zero-order valence-electron chi connectivity index (χ0n) is 12.8. The van der Waals surface area contributed by atoms with Gasteiger partial charge in [-0.3, -0.25) is 4.79 Å². The molecule has 0 aromatic heterocycles. The second-order valence-corrected chi connectivity index (χ2v) is 5.73. The topological polar surface area (TPSA) is 83.7 Å². The molecule has 1 amide bonds. The van der Waals surface area contributed by atoms with E-state index in [2.05, 4.69) is 33.1 Å². The fourth-order valence-corrected chi connectivity index (χ4v) is 2.35. The Bertz CT molecular complexity index is 783. The van der Waals surface area contributed by atoms with Gasteiger partial charge in [-0.15, -0.1) is 0 Å². The Kier molecular flexibility index (Phi) is 6.57. The van der Waals surface area contributed by atoms with Crippen molar-refractivity contribution in [1.29, 1.82) is 5.26 Å². The number of nitrogens with one attached hydrogen (secondary N) is 1. The predicted octanol–water partition coefficient (Wildman–Crippen LogP) is 2.97. The number of carbonyl (C=O) groups excluding carboxylic acids is 1. The fraction of sp³-hybridized carbons (Fsp3) is 0.118. The van der Waals surface area contributed by atoms with Gasteiger partial charge in [0, 0.05) is 5.56 Å². The van der Waals surface area contributed by atoms with Gasteiger partial charge in [0.25, 0.3) is 5.91 Å². The van der Waals surface area contributed by atoms with Crippen molar-refractivity contribution < 1.29 is 14.3 Å². The van der Waals surface area contributed by atoms with Crippen LogP contribution in [0.1, 0.15) is 15.9 Å². The third-order valence-corrected chi connectivity index (χ3v) is 3.87. The van der Waals surface area contributed by atoms with Crippen LogP contribution in [0.2, 0.25) is 0 Å². The predicted molar refractivity (Wildman–Crippen MR) is 98.3 cm³/mol. The van der Waals surface area contributed by atoms with Crippen molar-refractivity contribution >= 4 is 34.7 Å². The molecule has 2 rings (SSSR count). The molecule has 0 unspecified atom stereocenters. The van der Waals surface area contributed by atoms with Crippen molar-refractivity contribution in [3.05, 3.63) is 57.2 Å². The number of amides is 1. The van der Waals surface area contributed by atoms with E-state index in [1.807, 2.05) is 6.07 Å². The molecular formula is C17H14IN3O3. The van der Waals surface area contributed by atoms with Gasteiger partial charge in [-0.25, -0.2) is 5.43 Å². The minimum absolute atomic E-state index is 0.00294. The Hall–Kier alpha value is -2.60. The maximum Gasteiger partial charge on any atom is 0.271 e. The number of rotatable bonds is 6. The van der Waals surface area contributed by atoms with Gasteiger partial charge in [-0.2, -0.15) is 10.4 Å². The molecule has 6 nitrogen and oxygen atoms in total. The zero-order valence-corrected chi connectivity index (χ0v) is 15.0. The van der Waals surface area contributed by atoms with Crippen LogP contribution in [0.3, 0.4) is 0 Å². The maximum absolute atomic E-state index is 12.1. The monoisotopic (exact) mass is 435 g/mol. The van der Waals surface area contributed by atoms with Gasteiger partial charge in [0.05, 0.1) is 16.9 Å². The molecular weight excluding hydrogens is 421 g/mol. The highest BCUT2D eigenvalue weighted by Crippen LogP contribution is 2.21. The van der Waals surface area contributed by atoms with E-state index in [9.17, 15) is 4.79 Å². The Morgan fingerprint density at radius 2 is 2.08 bits per heavy atom. The average molecular weight is 435 g/mol. The molecule has 0 saturated carbocycles. The molecule has 24 heavy (non-hydrogen) atoms. The first-order valence-electron chi connectivity index (χ1n) is 6.91. The lowest BCUT2D eigenvalue weighted by Crippen LogP contribution is -2.17. The van der Waals surface area contributed by atoms with E-state index in [4.69, 9.17) is 14.7 Å². The molecule has 0 bridgehead atoms. The molecule has 0 atom stereocenters. The highest BCUT2D eigenvalue weighted by atomic mass is 127. The second kappa shape index (κ2) is 8.88. The van der Waals surface area contributed by atoms with Gasteiger partial charge in [0.2, 0.25) is 0 Å². The number of nitriles is 1. The number of hydrogen-bond donors (Lipinski definition) is 1. The lowest BCUT2D eigenvalue weighted by atomic mass is 10.2. The first kappa shape index (κ1) is 17.7. The van der Waals surface area contributed by atoms with Crippen LogP contribution in [0.5, 0.6) is 11.5 Å². The van der Waals surface area contributed by atoms with Crippen LogP contribution in [-0.4, -0.2) is 25.8 Å². The van der Waals surface area contributed by atoms with E-state index < -0.39 is 0 Å². The van der Waals surface area contributed by atoms with Gasteiger partial charge in [-0.05, 0) is 70.6 Å². The van der Waals surface area contributed by atoms with Crippen LogP contribution < -0.4 is 14.9 Å². The number of methoxy groups -OCH3 is 1. The van der Waals surface area contributed by atoms with Gasteiger partial charge in [0.1, 0.15) is 17.6 Å². The molecule has 7 heteroatoms. The second-order valence-electron chi connectivity index (χ2n) is 4.56. The standard InChI is InChI=1S/C17H14IN3O3/c1-23-16-10-13(4-7-15(16)18)17(22)21-20-11-12-2-5-14(6-3-12)24-9-8-19/h2-7,10-11H,9H2,1H3,(H,21,22)/b20-11+. The highest BCUT2D eigenvalue weighted by molar-refractivity contribution is 14.1. The maximum atomic E-state index is 12.1. The Labute approximate surface area is 153 Å². The zero-order chi connectivity index (χ0) is 17.4. The third-order valence-electron chi connectivity index (χ3n) is 2.98. The molecule has 0 aliphatic carbocycles. The fourth-order valence-electron chi connectivity index (χ4n) is 1.80. The smallest absolute Gasteiger partial charge is 0.271 e. The first-order valence-corrected chi connectivity index (χ1v) is 7.98. The first-order chi connectivity index (χ1) is 11.6. The molecule has 0 radical (unpaired) electrons. The molecule has 0 aliphatic rings. The van der Waals surface area contributed by atoms with Gasteiger partial charge < -0.3 is 9.47 Å². The third kappa shape index (κ3) is 4.96. The number of nitrogens with zero attached hydrogens (tertiary/aromatic N) is 2. The summed E-state index contributed by atoms with van der Waals surface area (Å²) >= 11 is 2.13. The van der Waals surface area contributed by atoms with Crippen LogP contribution in [-0.2, 0) is 0 Å². The molecule has 0 spiro atoms. The van der Waals surface area contributed by atoms with Crippen LogP contribution in [0.25, 0.3) is 0 Å². The summed E-state index contributed by atoms with van der Waals surface area (Å²) in [5.74, 6) is 0.916. The number of hydrogen-bond acceptors (Lipinski definition) is 5. The largest absolute Gasteiger partial charge is 0.496 e. The molecule has 0 heterocycles. The number of benzene rings is 2. The van der Waals surface area contributed by atoms with Crippen LogP contribution in [0.15, 0.2) is 47.6 Å². The molecule has 2 aromatic rings. The van der Waals surface area contributed by atoms with E-state index in [1.54, 1.807) is 49.6 Å². The summed E-state index contributed by atoms with van der Waals surface area (Å²) < 4.78 is 11.3. The summed E-state index contributed by atoms with van der Waals surface area (Å²) in [5.41, 5.74) is 3.72. The molecule has 1 N–H and O–H groups in total. The molecule has 0 fully saturated rings. The van der Waals surface area contributed by atoms with Crippen LogP contribution in [0, 0.1) is 14.9 Å². The number of hydrazone groups is 1. The number of carbonyl (C=O) groups is 1. The average Bonchev–Trinajstić information content (AvgIpc) is 2.61. The van der Waals surface area contributed by atoms with E-state index in [0.29, 0.717) is 17.1 Å². The summed E-state index contributed by atoms with van der Waals surface area (Å²) in [6, 6.07) is 14.1. The van der Waals surface area contributed by atoms with Gasteiger partial charge in [-0.1, -0.05) is 0 Å². The van der Waals surface area contributed by atoms with E-state index >= 15 is 0 Å². The Balaban J connectivity index is 1.96. The lowest BCUT2D eigenvalue weighted by molar-refractivity contribution is 0.0954. The van der Waals surface area contributed by atoms with Crippen molar-refractivity contribution in [2.24, 2.45) is 5.10 Å². The van der Waals surface area contributed by atoms with E-state index in [0.717, 1.165) is 9.13 Å². The summed E-state index contributed by atoms with van der Waals surface area (Å²) in [5, 5.41) is 12.4. The van der Waals surface area contributed by atoms with Gasteiger partial charge >= 0.3 is 0 Å². The number of halogens is 1. The van der Waals surface area contributed by atoms with Crippen LogP contribution in [0.4, 0.5) is 0 Å². The van der Waals surface area contributed by atoms with Crippen molar-refractivity contribution in [3.63, 3.8) is 0 Å². The van der Waals surface area contributed by atoms with Crippen molar-refractivity contribution in [2.75, 3.05) is 13.7 Å². The lowest BCUT2D eigenvalue weighted by Gasteiger charge is -2.05. The quantitative estimate of drug-likeness (QED) is 0.430. The van der Waals surface area contributed by atoms with Crippen molar-refractivity contribution in [1.82, 2.24) is 5.43 Å². The highest BCUT2D eigenvalue weighted by Gasteiger charge is 2.08. The van der Waals surface area contributed by atoms with Crippen molar-refractivity contribution in [3.8, 4) is 17.6 Å².